The first-order valence-corrected chi connectivity index (χ1v) is 11.1. The topological polar surface area (TPSA) is 99.0 Å². The summed E-state index contributed by atoms with van der Waals surface area (Å²) in [5.41, 5.74) is 15.7. The van der Waals surface area contributed by atoms with Gasteiger partial charge in [-0.1, -0.05) is 6.42 Å². The lowest BCUT2D eigenvalue weighted by Gasteiger charge is -2.28. The van der Waals surface area contributed by atoms with Gasteiger partial charge in [-0.2, -0.15) is 0 Å². The van der Waals surface area contributed by atoms with E-state index >= 15 is 0 Å². The van der Waals surface area contributed by atoms with Gasteiger partial charge in [0.25, 0.3) is 5.91 Å². The first kappa shape index (κ1) is 20.0. The molecule has 2 aliphatic rings. The van der Waals surface area contributed by atoms with E-state index < -0.39 is 5.91 Å². The van der Waals surface area contributed by atoms with Gasteiger partial charge in [-0.25, -0.2) is 9.37 Å². The van der Waals surface area contributed by atoms with E-state index in [1.54, 1.807) is 18.3 Å². The number of hydrogen-bond acceptors (Lipinski definition) is 4. The molecular weight excluding hydrogens is 393 g/mol. The molecule has 1 amide bonds. The maximum absolute atomic E-state index is 13.6. The number of fused-ring (bicyclic) bond motifs is 1. The van der Waals surface area contributed by atoms with Gasteiger partial charge >= 0.3 is 0 Å². The molecule has 31 heavy (non-hydrogen) atoms. The summed E-state index contributed by atoms with van der Waals surface area (Å²) in [6, 6.07) is 9.11. The van der Waals surface area contributed by atoms with Gasteiger partial charge in [0.05, 0.1) is 11.3 Å². The van der Waals surface area contributed by atoms with Gasteiger partial charge in [0, 0.05) is 35.0 Å². The van der Waals surface area contributed by atoms with Crippen LogP contribution in [-0.2, 0) is 0 Å². The van der Waals surface area contributed by atoms with Crippen LogP contribution in [0, 0.1) is 5.82 Å². The van der Waals surface area contributed by atoms with Crippen LogP contribution in [0.1, 0.15) is 66.9 Å². The number of nitrogens with one attached hydrogen (secondary N) is 1. The first-order chi connectivity index (χ1) is 15.0. The van der Waals surface area contributed by atoms with E-state index in [0.29, 0.717) is 11.5 Å². The van der Waals surface area contributed by atoms with E-state index in [-0.39, 0.29) is 17.9 Å². The van der Waals surface area contributed by atoms with E-state index in [2.05, 4.69) is 20.9 Å². The van der Waals surface area contributed by atoms with E-state index in [4.69, 9.17) is 11.5 Å². The molecule has 0 unspecified atom stereocenters. The van der Waals surface area contributed by atoms with Crippen molar-refractivity contribution in [3.8, 4) is 5.69 Å². The molecule has 3 aromatic rings. The van der Waals surface area contributed by atoms with Crippen LogP contribution in [0.4, 0.5) is 10.1 Å². The summed E-state index contributed by atoms with van der Waals surface area (Å²) in [6.07, 6.45) is 8.82. The average molecular weight is 422 g/mol. The van der Waals surface area contributed by atoms with E-state index in [9.17, 15) is 9.18 Å². The molecule has 2 saturated carbocycles. The Balaban J connectivity index is 1.66. The van der Waals surface area contributed by atoms with Crippen LogP contribution < -0.4 is 16.8 Å². The molecule has 2 fully saturated rings. The minimum atomic E-state index is -0.496. The number of carbonyl (C=O) groups is 1. The number of carbonyl (C=O) groups excluding carboxylic acids is 1. The van der Waals surface area contributed by atoms with Crippen molar-refractivity contribution in [3.63, 3.8) is 0 Å². The van der Waals surface area contributed by atoms with Crippen molar-refractivity contribution in [1.82, 2.24) is 9.55 Å². The zero-order valence-corrected chi connectivity index (χ0v) is 17.5. The molecule has 5 rings (SSSR count). The summed E-state index contributed by atoms with van der Waals surface area (Å²) in [4.78, 5) is 16.9. The third kappa shape index (κ3) is 3.67. The highest BCUT2D eigenvalue weighted by molar-refractivity contribution is 6.06. The van der Waals surface area contributed by atoms with Gasteiger partial charge in [0.1, 0.15) is 11.5 Å². The molecule has 0 atom stereocenters. The molecule has 0 bridgehead atoms. The van der Waals surface area contributed by atoms with Crippen molar-refractivity contribution in [3.05, 3.63) is 53.6 Å². The molecule has 2 heterocycles. The number of halogens is 1. The molecule has 0 aliphatic heterocycles. The minimum Gasteiger partial charge on any atom is -0.381 e. The second kappa shape index (κ2) is 7.96. The Morgan fingerprint density at radius 3 is 2.42 bits per heavy atom. The summed E-state index contributed by atoms with van der Waals surface area (Å²) in [7, 11) is 0. The lowest BCUT2D eigenvalue weighted by atomic mass is 9.83. The van der Waals surface area contributed by atoms with Gasteiger partial charge in [-0.05, 0) is 74.8 Å². The Labute approximate surface area is 180 Å². The monoisotopic (exact) mass is 421 g/mol. The van der Waals surface area contributed by atoms with Crippen LogP contribution in [0.25, 0.3) is 16.7 Å². The minimum absolute atomic E-state index is 0.241. The zero-order valence-electron chi connectivity index (χ0n) is 17.5. The van der Waals surface area contributed by atoms with Crippen LogP contribution in [0.2, 0.25) is 0 Å². The number of benzene rings is 1. The number of hydrogen-bond donors (Lipinski definition) is 3. The quantitative estimate of drug-likeness (QED) is 0.575. The molecule has 7 heteroatoms. The molecule has 2 aliphatic carbocycles. The fourth-order valence-electron chi connectivity index (χ4n) is 4.84. The predicted octanol–water partition coefficient (Wildman–Crippen LogP) is 4.21. The highest BCUT2D eigenvalue weighted by Crippen LogP contribution is 2.42. The number of amides is 1. The highest BCUT2D eigenvalue weighted by atomic mass is 19.1. The van der Waals surface area contributed by atoms with Crippen molar-refractivity contribution in [2.24, 2.45) is 11.5 Å². The summed E-state index contributed by atoms with van der Waals surface area (Å²) in [5.74, 6) is -0.340. The fourth-order valence-corrected chi connectivity index (χ4v) is 4.84. The Bertz CT molecular complexity index is 1110. The van der Waals surface area contributed by atoms with Crippen LogP contribution in [-0.4, -0.2) is 27.5 Å². The summed E-state index contributed by atoms with van der Waals surface area (Å²) >= 11 is 0. The Hall–Kier alpha value is -2.93. The molecule has 0 spiro atoms. The smallest absolute Gasteiger partial charge is 0.252 e. The highest BCUT2D eigenvalue weighted by Gasteiger charge is 2.28. The van der Waals surface area contributed by atoms with Gasteiger partial charge in [0.15, 0.2) is 0 Å². The molecule has 0 saturated heterocycles. The van der Waals surface area contributed by atoms with Crippen LogP contribution in [0.5, 0.6) is 0 Å². The maximum Gasteiger partial charge on any atom is 0.252 e. The Morgan fingerprint density at radius 1 is 1.10 bits per heavy atom. The summed E-state index contributed by atoms with van der Waals surface area (Å²) in [6.45, 7) is 0. The van der Waals surface area contributed by atoms with Crippen molar-refractivity contribution < 1.29 is 9.18 Å². The first-order valence-electron chi connectivity index (χ1n) is 11.1. The number of pyridine rings is 1. The third-order valence-corrected chi connectivity index (χ3v) is 6.85. The Morgan fingerprint density at radius 2 is 1.81 bits per heavy atom. The fraction of sp³-hybridized carbons (Fsp3) is 0.417. The number of rotatable bonds is 5. The number of anilines is 1. The second-order valence-electron chi connectivity index (χ2n) is 8.91. The van der Waals surface area contributed by atoms with Gasteiger partial charge < -0.3 is 16.8 Å². The largest absolute Gasteiger partial charge is 0.381 e. The number of aromatic nitrogens is 2. The normalized spacial score (nSPS) is 21.7. The van der Waals surface area contributed by atoms with Gasteiger partial charge in [-0.3, -0.25) is 9.36 Å². The van der Waals surface area contributed by atoms with Crippen molar-refractivity contribution >= 4 is 22.6 Å². The van der Waals surface area contributed by atoms with Gasteiger partial charge in [0.2, 0.25) is 0 Å². The van der Waals surface area contributed by atoms with Crippen molar-refractivity contribution in [2.45, 2.75) is 62.9 Å². The number of nitrogens with zero attached hydrogens (tertiary/aromatic N) is 2. The molecule has 162 valence electrons. The van der Waals surface area contributed by atoms with Crippen molar-refractivity contribution in [1.29, 1.82) is 0 Å². The van der Waals surface area contributed by atoms with Crippen LogP contribution in [0.15, 0.2) is 36.5 Å². The van der Waals surface area contributed by atoms with Gasteiger partial charge in [-0.15, -0.1) is 0 Å². The molecule has 5 N–H and O–H groups in total. The molecule has 6 nitrogen and oxygen atoms in total. The number of primary amides is 1. The summed E-state index contributed by atoms with van der Waals surface area (Å²) in [5, 5.41) is 4.49. The molecule has 2 aromatic heterocycles. The maximum atomic E-state index is 13.6. The van der Waals surface area contributed by atoms with Crippen molar-refractivity contribution in [2.75, 3.05) is 5.32 Å². The SMILES string of the molecule is NC(=O)c1cnc2c(cc(C3CCC3)n2-c2ccc(F)cc2)c1NC1CCC(N)CC1. The third-order valence-electron chi connectivity index (χ3n) is 6.85. The van der Waals surface area contributed by atoms with Crippen LogP contribution in [0.3, 0.4) is 0 Å². The standard InChI is InChI=1S/C24H28FN5O/c25-15-4-10-18(11-5-15)30-21(14-2-1-3-14)12-19-22(20(23(27)31)13-28-24(19)30)29-17-8-6-16(26)7-9-17/h4-5,10-14,16-17H,1-3,6-9,26H2,(H2,27,31)(H,28,29). The lowest BCUT2D eigenvalue weighted by molar-refractivity contribution is 0.100. The van der Waals surface area contributed by atoms with E-state index in [1.165, 1.54) is 18.6 Å². The molecule has 1 aromatic carbocycles. The van der Waals surface area contributed by atoms with E-state index in [1.807, 2.05) is 0 Å². The van der Waals surface area contributed by atoms with Crippen LogP contribution >= 0.6 is 0 Å². The lowest BCUT2D eigenvalue weighted by Crippen LogP contribution is -2.33. The molecular formula is C24H28FN5O. The second-order valence-corrected chi connectivity index (χ2v) is 8.91. The molecule has 0 radical (unpaired) electrons. The average Bonchev–Trinajstić information content (AvgIpc) is 3.08. The predicted molar refractivity (Wildman–Crippen MR) is 120 cm³/mol. The Kier molecular flexibility index (Phi) is 5.14. The number of nitrogens with two attached hydrogens (primary N) is 2. The zero-order chi connectivity index (χ0) is 21.5. The summed E-state index contributed by atoms with van der Waals surface area (Å²) < 4.78 is 15.7. The van der Waals surface area contributed by atoms with E-state index in [0.717, 1.165) is 66.6 Å².